The van der Waals surface area contributed by atoms with Gasteiger partial charge in [0.15, 0.2) is 6.17 Å². The molecule has 29 heavy (non-hydrogen) atoms. The van der Waals surface area contributed by atoms with Crippen LogP contribution in [0.1, 0.15) is 16.8 Å². The van der Waals surface area contributed by atoms with E-state index in [0.29, 0.717) is 22.7 Å². The van der Waals surface area contributed by atoms with Gasteiger partial charge in [0.25, 0.3) is 5.91 Å². The summed E-state index contributed by atoms with van der Waals surface area (Å²) < 4.78 is 0. The minimum Gasteiger partial charge on any atom is -0.391 e. The Hall–Kier alpha value is -3.88. The molecule has 8 heteroatoms. The predicted octanol–water partition coefficient (Wildman–Crippen LogP) is 2.06. The average molecular weight is 388 g/mol. The lowest BCUT2D eigenvalue weighted by molar-refractivity contribution is -0.117. The van der Waals surface area contributed by atoms with Crippen LogP contribution in [0.3, 0.4) is 0 Å². The number of nitrogens with one attached hydrogen (secondary N) is 2. The number of nitrogens with zero attached hydrogens (tertiary/aromatic N) is 2. The molecule has 3 aromatic rings. The minimum atomic E-state index is -0.926. The summed E-state index contributed by atoms with van der Waals surface area (Å²) in [6, 6.07) is 22.2. The third-order valence-electron chi connectivity index (χ3n) is 4.03. The Morgan fingerprint density at radius 3 is 2.31 bits per heavy atom. The third kappa shape index (κ3) is 4.89. The van der Waals surface area contributed by atoms with Crippen molar-refractivity contribution < 1.29 is 9.63 Å². The van der Waals surface area contributed by atoms with Crippen LogP contribution in [0, 0.1) is 5.41 Å². The van der Waals surface area contributed by atoms with Crippen molar-refractivity contribution >= 4 is 23.2 Å². The van der Waals surface area contributed by atoms with Crippen LogP contribution in [-0.4, -0.2) is 28.7 Å². The van der Waals surface area contributed by atoms with Gasteiger partial charge >= 0.3 is 0 Å². The molecule has 0 radical (unpaired) electrons. The fourth-order valence-electron chi connectivity index (χ4n) is 2.63. The van der Waals surface area contributed by atoms with Gasteiger partial charge < -0.3 is 15.9 Å². The van der Waals surface area contributed by atoms with Crippen molar-refractivity contribution in [3.63, 3.8) is 0 Å². The molecule has 6 N–H and O–H groups in total. The Bertz CT molecular complexity index is 1020. The number of benzene rings is 2. The predicted molar refractivity (Wildman–Crippen MR) is 111 cm³/mol. The number of carbonyl (C=O) groups is 1. The van der Waals surface area contributed by atoms with Gasteiger partial charge in [0.1, 0.15) is 5.69 Å². The maximum atomic E-state index is 11.8. The van der Waals surface area contributed by atoms with Gasteiger partial charge in [-0.25, -0.2) is 0 Å². The molecule has 0 bridgehead atoms. The molecule has 4 rings (SSSR count). The molecule has 2 aromatic carbocycles. The normalized spacial score (nSPS) is 14.9. The first-order valence-electron chi connectivity index (χ1n) is 8.76. The van der Waals surface area contributed by atoms with Gasteiger partial charge in [-0.15, -0.1) is 0 Å². The number of carbonyl (C=O) groups excluding carboxylic acids is 1. The summed E-state index contributed by atoms with van der Waals surface area (Å²) in [6.45, 7) is 0. The highest BCUT2D eigenvalue weighted by Crippen LogP contribution is 2.20. The number of aromatic nitrogens is 1. The number of hydrogen-bond donors (Lipinski definition) is 4. The van der Waals surface area contributed by atoms with E-state index < -0.39 is 6.17 Å². The fraction of sp³-hybridized carbons (Fsp3) is 0.0476. The van der Waals surface area contributed by atoms with Gasteiger partial charge in [-0.2, -0.15) is 5.90 Å². The summed E-state index contributed by atoms with van der Waals surface area (Å²) in [5, 5.41) is 9.86. The third-order valence-corrected chi connectivity index (χ3v) is 4.03. The highest BCUT2D eigenvalue weighted by Gasteiger charge is 2.23. The summed E-state index contributed by atoms with van der Waals surface area (Å²) in [7, 11) is 0. The van der Waals surface area contributed by atoms with E-state index in [1.165, 1.54) is 0 Å². The van der Waals surface area contributed by atoms with Gasteiger partial charge in [0, 0.05) is 17.3 Å². The smallest absolute Gasteiger partial charge is 0.263 e. The standard InChI is InChI=1S/C14H12N4O.C7H8N2O/c15-13-14(19)17-10-7-4-8-16-12(10)11(18-13)9-5-2-1-3-6-9;8-7(10-9)6-4-2-1-3-5-6/h1-8,13H,15H2,(H,17,19);1-5,8H,9H2. The Morgan fingerprint density at radius 1 is 1.00 bits per heavy atom. The van der Waals surface area contributed by atoms with Crippen molar-refractivity contribution in [2.24, 2.45) is 16.6 Å². The van der Waals surface area contributed by atoms with E-state index >= 15 is 0 Å². The molecule has 1 aliphatic rings. The average Bonchev–Trinajstić information content (AvgIpc) is 2.91. The first kappa shape index (κ1) is 19.9. The van der Waals surface area contributed by atoms with Crippen molar-refractivity contribution in [3.8, 4) is 0 Å². The Balaban J connectivity index is 0.000000204. The molecule has 8 nitrogen and oxygen atoms in total. The zero-order chi connectivity index (χ0) is 20.6. The molecule has 0 fully saturated rings. The van der Waals surface area contributed by atoms with Crippen LogP contribution in [0.4, 0.5) is 5.69 Å². The molecule has 1 amide bonds. The molecule has 0 aliphatic carbocycles. The number of anilines is 1. The molecule has 146 valence electrons. The van der Waals surface area contributed by atoms with Gasteiger partial charge in [-0.05, 0) is 24.3 Å². The molecule has 1 aromatic heterocycles. The van der Waals surface area contributed by atoms with E-state index in [2.05, 4.69) is 20.1 Å². The molecule has 1 unspecified atom stereocenters. The van der Waals surface area contributed by atoms with E-state index in [1.807, 2.05) is 48.5 Å². The van der Waals surface area contributed by atoms with Crippen molar-refractivity contribution in [1.29, 1.82) is 5.41 Å². The summed E-state index contributed by atoms with van der Waals surface area (Å²) in [5.41, 5.74) is 9.22. The van der Waals surface area contributed by atoms with E-state index in [4.69, 9.17) is 17.0 Å². The van der Waals surface area contributed by atoms with E-state index in [-0.39, 0.29) is 11.8 Å². The summed E-state index contributed by atoms with van der Waals surface area (Å²) >= 11 is 0. The summed E-state index contributed by atoms with van der Waals surface area (Å²) in [5.74, 6) is 4.43. The fourth-order valence-corrected chi connectivity index (χ4v) is 2.63. The van der Waals surface area contributed by atoms with Crippen LogP contribution in [0.2, 0.25) is 0 Å². The number of fused-ring (bicyclic) bond motifs is 1. The first-order chi connectivity index (χ1) is 14.1. The minimum absolute atomic E-state index is 0.0133. The largest absolute Gasteiger partial charge is 0.391 e. The zero-order valence-corrected chi connectivity index (χ0v) is 15.4. The maximum Gasteiger partial charge on any atom is 0.263 e. The second-order valence-electron chi connectivity index (χ2n) is 5.99. The van der Waals surface area contributed by atoms with Crippen molar-refractivity contribution in [3.05, 3.63) is 95.8 Å². The number of rotatable bonds is 2. The lowest BCUT2D eigenvalue weighted by Gasteiger charge is -2.07. The van der Waals surface area contributed by atoms with Crippen LogP contribution in [0.25, 0.3) is 0 Å². The van der Waals surface area contributed by atoms with Gasteiger partial charge in [0.2, 0.25) is 5.90 Å². The number of nitrogens with two attached hydrogens (primary N) is 2. The molecule has 0 saturated heterocycles. The SMILES string of the molecule is N=C(ON)c1ccccc1.NC1N=C(c2ccccc2)c2ncccc2NC1=O. The lowest BCUT2D eigenvalue weighted by Crippen LogP contribution is -2.33. The van der Waals surface area contributed by atoms with Crippen LogP contribution >= 0.6 is 0 Å². The zero-order valence-electron chi connectivity index (χ0n) is 15.4. The molecular formula is C21H20N6O2. The van der Waals surface area contributed by atoms with Crippen LogP contribution < -0.4 is 16.9 Å². The summed E-state index contributed by atoms with van der Waals surface area (Å²) in [4.78, 5) is 24.6. The molecule has 0 spiro atoms. The van der Waals surface area contributed by atoms with Gasteiger partial charge in [0.05, 0.1) is 11.4 Å². The van der Waals surface area contributed by atoms with E-state index in [9.17, 15) is 4.79 Å². The van der Waals surface area contributed by atoms with Crippen LogP contribution in [-0.2, 0) is 9.63 Å². The van der Waals surface area contributed by atoms with Crippen LogP contribution in [0.15, 0.2) is 84.0 Å². The maximum absolute atomic E-state index is 11.8. The molecule has 1 atom stereocenters. The van der Waals surface area contributed by atoms with Gasteiger partial charge in [-0.1, -0.05) is 48.5 Å². The van der Waals surface area contributed by atoms with E-state index in [0.717, 1.165) is 5.56 Å². The summed E-state index contributed by atoms with van der Waals surface area (Å²) in [6.07, 6.45) is 0.740. The number of aliphatic imine (C=N–C) groups is 1. The van der Waals surface area contributed by atoms with Crippen molar-refractivity contribution in [1.82, 2.24) is 4.98 Å². The molecule has 1 aliphatic heterocycles. The highest BCUT2D eigenvalue weighted by atomic mass is 16.6. The topological polar surface area (TPSA) is 139 Å². The second kappa shape index (κ2) is 9.36. The first-order valence-corrected chi connectivity index (χ1v) is 8.76. The molecule has 0 saturated carbocycles. The Labute approximate surface area is 167 Å². The quantitative estimate of drug-likeness (QED) is 0.302. The second-order valence-corrected chi connectivity index (χ2v) is 5.99. The number of pyridine rings is 1. The monoisotopic (exact) mass is 388 g/mol. The highest BCUT2D eigenvalue weighted by molar-refractivity contribution is 6.18. The van der Waals surface area contributed by atoms with Gasteiger partial charge in [-0.3, -0.25) is 20.2 Å². The lowest BCUT2D eigenvalue weighted by atomic mass is 10.1. The van der Waals surface area contributed by atoms with Crippen LogP contribution in [0.5, 0.6) is 0 Å². The number of hydrogen-bond acceptors (Lipinski definition) is 7. The number of amides is 1. The van der Waals surface area contributed by atoms with Crippen molar-refractivity contribution in [2.45, 2.75) is 6.17 Å². The van der Waals surface area contributed by atoms with E-state index in [1.54, 1.807) is 30.5 Å². The molecular weight excluding hydrogens is 368 g/mol. The molecule has 2 heterocycles. The Kier molecular flexibility index (Phi) is 6.41. The Morgan fingerprint density at radius 2 is 1.66 bits per heavy atom. The van der Waals surface area contributed by atoms with Crippen molar-refractivity contribution in [2.75, 3.05) is 5.32 Å².